The fourth-order valence-electron chi connectivity index (χ4n) is 1.20. The topological polar surface area (TPSA) is 26.3 Å². The van der Waals surface area contributed by atoms with Crippen molar-refractivity contribution in [1.29, 1.82) is 0 Å². The average Bonchev–Trinajstić information content (AvgIpc) is 1.96. The molecule has 0 saturated heterocycles. The summed E-state index contributed by atoms with van der Waals surface area (Å²) in [6.07, 6.45) is 0. The molecule has 0 heterocycles. The lowest BCUT2D eigenvalue weighted by Crippen LogP contribution is -2.04. The van der Waals surface area contributed by atoms with Crippen LogP contribution >= 0.6 is 11.6 Å². The van der Waals surface area contributed by atoms with Crippen molar-refractivity contribution < 1.29 is 9.53 Å². The van der Waals surface area contributed by atoms with Gasteiger partial charge in [0.05, 0.1) is 0 Å². The van der Waals surface area contributed by atoms with Gasteiger partial charge in [0.1, 0.15) is 5.75 Å². The SMILES string of the molecule is CC(=O)Oc1c(C)cc(Cl)cc1C. The molecule has 0 bridgehead atoms. The molecule has 0 aliphatic carbocycles. The Bertz CT molecular complexity index is 322. The third-order valence-electron chi connectivity index (χ3n) is 1.67. The molecule has 0 radical (unpaired) electrons. The molecule has 3 heteroatoms. The van der Waals surface area contributed by atoms with Gasteiger partial charge in [-0.25, -0.2) is 0 Å². The van der Waals surface area contributed by atoms with Crippen LogP contribution in [0, 0.1) is 13.8 Å². The number of rotatable bonds is 1. The molecule has 0 aliphatic heterocycles. The Hall–Kier alpha value is -1.02. The molecule has 0 atom stereocenters. The van der Waals surface area contributed by atoms with Gasteiger partial charge in [-0.2, -0.15) is 0 Å². The van der Waals surface area contributed by atoms with Crippen molar-refractivity contribution in [1.82, 2.24) is 0 Å². The smallest absolute Gasteiger partial charge is 0.308 e. The van der Waals surface area contributed by atoms with Crippen LogP contribution < -0.4 is 4.74 Å². The lowest BCUT2D eigenvalue weighted by atomic mass is 10.1. The van der Waals surface area contributed by atoms with Gasteiger partial charge in [0, 0.05) is 11.9 Å². The minimum atomic E-state index is -0.312. The average molecular weight is 199 g/mol. The largest absolute Gasteiger partial charge is 0.426 e. The van der Waals surface area contributed by atoms with Crippen molar-refractivity contribution in [2.24, 2.45) is 0 Å². The molecule has 0 fully saturated rings. The Kier molecular flexibility index (Phi) is 2.94. The molecule has 0 aliphatic rings. The summed E-state index contributed by atoms with van der Waals surface area (Å²) in [6, 6.07) is 3.54. The highest BCUT2D eigenvalue weighted by atomic mass is 35.5. The van der Waals surface area contributed by atoms with Crippen molar-refractivity contribution in [3.8, 4) is 5.75 Å². The number of benzene rings is 1. The number of esters is 1. The van der Waals surface area contributed by atoms with Gasteiger partial charge < -0.3 is 4.74 Å². The van der Waals surface area contributed by atoms with E-state index in [9.17, 15) is 4.79 Å². The highest BCUT2D eigenvalue weighted by Crippen LogP contribution is 2.26. The van der Waals surface area contributed by atoms with Crippen LogP contribution in [0.4, 0.5) is 0 Å². The number of ether oxygens (including phenoxy) is 1. The highest BCUT2D eigenvalue weighted by molar-refractivity contribution is 6.30. The molecule has 0 spiro atoms. The third-order valence-corrected chi connectivity index (χ3v) is 1.89. The third kappa shape index (κ3) is 2.46. The summed E-state index contributed by atoms with van der Waals surface area (Å²) >= 11 is 5.82. The Morgan fingerprint density at radius 3 is 2.15 bits per heavy atom. The molecular weight excluding hydrogens is 188 g/mol. The van der Waals surface area contributed by atoms with Gasteiger partial charge in [-0.15, -0.1) is 0 Å². The second kappa shape index (κ2) is 3.79. The molecule has 0 saturated carbocycles. The van der Waals surface area contributed by atoms with Gasteiger partial charge in [0.2, 0.25) is 0 Å². The first-order chi connectivity index (χ1) is 6.00. The minimum absolute atomic E-state index is 0.312. The van der Waals surface area contributed by atoms with Gasteiger partial charge in [-0.1, -0.05) is 11.6 Å². The summed E-state index contributed by atoms with van der Waals surface area (Å²) in [4.78, 5) is 10.7. The first kappa shape index (κ1) is 10.1. The summed E-state index contributed by atoms with van der Waals surface area (Å²) < 4.78 is 5.03. The zero-order chi connectivity index (χ0) is 10.0. The zero-order valence-electron chi connectivity index (χ0n) is 7.85. The maximum Gasteiger partial charge on any atom is 0.308 e. The predicted octanol–water partition coefficient (Wildman–Crippen LogP) is 2.88. The van der Waals surface area contributed by atoms with E-state index >= 15 is 0 Å². The van der Waals surface area contributed by atoms with E-state index in [2.05, 4.69) is 0 Å². The molecule has 1 aromatic rings. The van der Waals surface area contributed by atoms with E-state index < -0.39 is 0 Å². The number of carbonyl (C=O) groups excluding carboxylic acids is 1. The minimum Gasteiger partial charge on any atom is -0.426 e. The summed E-state index contributed by atoms with van der Waals surface area (Å²) in [7, 11) is 0. The van der Waals surface area contributed by atoms with Gasteiger partial charge in [0.15, 0.2) is 0 Å². The lowest BCUT2D eigenvalue weighted by molar-refractivity contribution is -0.131. The first-order valence-corrected chi connectivity index (χ1v) is 4.33. The number of hydrogen-bond acceptors (Lipinski definition) is 2. The molecule has 2 nitrogen and oxygen atoms in total. The van der Waals surface area contributed by atoms with E-state index in [1.165, 1.54) is 6.92 Å². The van der Waals surface area contributed by atoms with E-state index in [0.717, 1.165) is 11.1 Å². The predicted molar refractivity (Wildman–Crippen MR) is 52.2 cm³/mol. The van der Waals surface area contributed by atoms with Crippen LogP contribution in [0.25, 0.3) is 0 Å². The van der Waals surface area contributed by atoms with Gasteiger partial charge in [-0.05, 0) is 37.1 Å². The molecule has 0 N–H and O–H groups in total. The summed E-state index contributed by atoms with van der Waals surface area (Å²) in [5.41, 5.74) is 1.75. The fraction of sp³-hybridized carbons (Fsp3) is 0.300. The van der Waals surface area contributed by atoms with Crippen LogP contribution in [0.2, 0.25) is 5.02 Å². The normalized spacial score (nSPS) is 9.85. The van der Waals surface area contributed by atoms with Crippen LogP contribution in [-0.2, 0) is 4.79 Å². The summed E-state index contributed by atoms with van der Waals surface area (Å²) in [6.45, 7) is 5.10. The Labute approximate surface area is 82.5 Å². The Morgan fingerprint density at radius 1 is 1.31 bits per heavy atom. The number of aryl methyl sites for hydroxylation is 2. The quantitative estimate of drug-likeness (QED) is 0.512. The fourth-order valence-corrected chi connectivity index (χ4v) is 1.53. The summed E-state index contributed by atoms with van der Waals surface area (Å²) in [5, 5.41) is 0.658. The second-order valence-corrected chi connectivity index (χ2v) is 3.40. The molecule has 13 heavy (non-hydrogen) atoms. The molecule has 0 amide bonds. The maximum atomic E-state index is 10.7. The van der Waals surface area contributed by atoms with Gasteiger partial charge >= 0.3 is 5.97 Å². The second-order valence-electron chi connectivity index (χ2n) is 2.96. The van der Waals surface area contributed by atoms with E-state index in [0.29, 0.717) is 10.8 Å². The lowest BCUT2D eigenvalue weighted by Gasteiger charge is -2.08. The first-order valence-electron chi connectivity index (χ1n) is 3.96. The zero-order valence-corrected chi connectivity index (χ0v) is 8.61. The van der Waals surface area contributed by atoms with Crippen LogP contribution in [0.5, 0.6) is 5.75 Å². The van der Waals surface area contributed by atoms with Crippen LogP contribution in [0.15, 0.2) is 12.1 Å². The number of carbonyl (C=O) groups is 1. The molecule has 70 valence electrons. The molecular formula is C10H11ClO2. The van der Waals surface area contributed by atoms with Crippen molar-refractivity contribution in [3.05, 3.63) is 28.3 Å². The van der Waals surface area contributed by atoms with E-state index in [1.807, 2.05) is 13.8 Å². The standard InChI is InChI=1S/C10H11ClO2/c1-6-4-9(11)5-7(2)10(6)13-8(3)12/h4-5H,1-3H3. The maximum absolute atomic E-state index is 10.7. The van der Waals surface area contributed by atoms with Crippen LogP contribution in [0.3, 0.4) is 0 Å². The van der Waals surface area contributed by atoms with Crippen molar-refractivity contribution in [2.45, 2.75) is 20.8 Å². The van der Waals surface area contributed by atoms with Gasteiger partial charge in [-0.3, -0.25) is 4.79 Å². The van der Waals surface area contributed by atoms with Crippen molar-refractivity contribution in [3.63, 3.8) is 0 Å². The van der Waals surface area contributed by atoms with Gasteiger partial charge in [0.25, 0.3) is 0 Å². The van der Waals surface area contributed by atoms with Crippen LogP contribution in [-0.4, -0.2) is 5.97 Å². The summed E-state index contributed by atoms with van der Waals surface area (Å²) in [5.74, 6) is 0.297. The monoisotopic (exact) mass is 198 g/mol. The Morgan fingerprint density at radius 2 is 1.77 bits per heavy atom. The van der Waals surface area contributed by atoms with E-state index in [-0.39, 0.29) is 5.97 Å². The van der Waals surface area contributed by atoms with Crippen molar-refractivity contribution >= 4 is 17.6 Å². The van der Waals surface area contributed by atoms with E-state index in [4.69, 9.17) is 16.3 Å². The molecule has 1 aromatic carbocycles. The molecule has 0 aromatic heterocycles. The number of hydrogen-bond donors (Lipinski definition) is 0. The molecule has 1 rings (SSSR count). The van der Waals surface area contributed by atoms with Crippen molar-refractivity contribution in [2.75, 3.05) is 0 Å². The number of halogens is 1. The van der Waals surface area contributed by atoms with E-state index in [1.54, 1.807) is 12.1 Å². The highest BCUT2D eigenvalue weighted by Gasteiger charge is 2.07. The Balaban J connectivity index is 3.13. The molecule has 0 unspecified atom stereocenters. The van der Waals surface area contributed by atoms with Crippen LogP contribution in [0.1, 0.15) is 18.1 Å².